The zero-order valence-electron chi connectivity index (χ0n) is 19.8. The largest absolute Gasteiger partial charge is 0.507 e. The fraction of sp³-hybridized carbons (Fsp3) is 0.185. The first kappa shape index (κ1) is 23.8. The Morgan fingerprint density at radius 3 is 2.78 bits per heavy atom. The molecule has 1 atom stereocenters. The normalized spacial score (nSPS) is 15.4. The second kappa shape index (κ2) is 9.96. The minimum atomic E-state index is -0.799. The monoisotopic (exact) mass is 501 g/mol. The smallest absolute Gasteiger partial charge is 0.284 e. The molecule has 0 saturated carbocycles. The summed E-state index contributed by atoms with van der Waals surface area (Å²) >= 11 is 1.30. The number of aromatic nitrogens is 2. The van der Waals surface area contributed by atoms with Crippen LogP contribution < -0.4 is 0 Å². The number of amides is 1. The summed E-state index contributed by atoms with van der Waals surface area (Å²) in [5, 5.41) is 16.4. The lowest BCUT2D eigenvalue weighted by molar-refractivity contribution is 0.0712. The Morgan fingerprint density at radius 1 is 1.17 bits per heavy atom. The summed E-state index contributed by atoms with van der Waals surface area (Å²) in [5.41, 5.74) is 3.16. The molecule has 0 spiro atoms. The van der Waals surface area contributed by atoms with Gasteiger partial charge in [-0.05, 0) is 62.1 Å². The lowest BCUT2D eigenvalue weighted by Gasteiger charge is -2.22. The van der Waals surface area contributed by atoms with Crippen molar-refractivity contribution in [1.29, 1.82) is 0 Å². The van der Waals surface area contributed by atoms with Crippen LogP contribution in [0.4, 0.5) is 4.39 Å². The number of benzene rings is 1. The van der Waals surface area contributed by atoms with Crippen LogP contribution in [0.5, 0.6) is 5.75 Å². The van der Waals surface area contributed by atoms with Crippen LogP contribution in [0.3, 0.4) is 0 Å². The first-order valence-electron chi connectivity index (χ1n) is 11.4. The summed E-state index contributed by atoms with van der Waals surface area (Å²) < 4.78 is 14.9. The van der Waals surface area contributed by atoms with E-state index < -0.39 is 11.9 Å². The average Bonchev–Trinajstić information content (AvgIpc) is 3.52. The molecule has 0 bridgehead atoms. The number of carbonyl (C=O) groups is 1. The van der Waals surface area contributed by atoms with Gasteiger partial charge in [-0.2, -0.15) is 5.10 Å². The van der Waals surface area contributed by atoms with Crippen LogP contribution in [-0.4, -0.2) is 50.7 Å². The van der Waals surface area contributed by atoms with Crippen molar-refractivity contribution in [3.63, 3.8) is 0 Å². The van der Waals surface area contributed by atoms with E-state index in [4.69, 9.17) is 0 Å². The molecule has 1 N–H and O–H groups in total. The SMILES string of the molecule is CN(C)Cc1cncc(C2=NN(C(=O)c3ccc(-c4ccccn4)s3)C(c3c(O)cccc3F)C2)c1. The quantitative estimate of drug-likeness (QED) is 0.397. The number of carbonyl (C=O) groups excluding carboxylic acids is 1. The van der Waals surface area contributed by atoms with E-state index in [-0.39, 0.29) is 23.6 Å². The van der Waals surface area contributed by atoms with Crippen molar-refractivity contribution < 1.29 is 14.3 Å². The number of thiophene rings is 1. The average molecular weight is 502 g/mol. The number of phenols is 1. The molecule has 36 heavy (non-hydrogen) atoms. The highest BCUT2D eigenvalue weighted by molar-refractivity contribution is 7.17. The van der Waals surface area contributed by atoms with Crippen LogP contribution in [0.1, 0.15) is 38.8 Å². The lowest BCUT2D eigenvalue weighted by Crippen LogP contribution is -2.27. The molecule has 4 aromatic rings. The van der Waals surface area contributed by atoms with Gasteiger partial charge in [0.1, 0.15) is 11.6 Å². The molecule has 1 amide bonds. The maximum absolute atomic E-state index is 14.9. The zero-order valence-corrected chi connectivity index (χ0v) is 20.6. The summed E-state index contributed by atoms with van der Waals surface area (Å²) in [7, 11) is 3.94. The molecule has 4 heterocycles. The van der Waals surface area contributed by atoms with Crippen molar-refractivity contribution in [2.24, 2.45) is 5.10 Å². The first-order valence-corrected chi connectivity index (χ1v) is 12.2. The number of hydrogen-bond donors (Lipinski definition) is 1. The molecule has 9 heteroatoms. The minimum absolute atomic E-state index is 0.0449. The Hall–Kier alpha value is -3.95. The molecule has 0 aliphatic carbocycles. The van der Waals surface area contributed by atoms with Gasteiger partial charge in [-0.15, -0.1) is 11.3 Å². The van der Waals surface area contributed by atoms with Gasteiger partial charge in [0.25, 0.3) is 5.91 Å². The molecule has 3 aromatic heterocycles. The third kappa shape index (κ3) is 4.75. The zero-order chi connectivity index (χ0) is 25.2. The van der Waals surface area contributed by atoms with E-state index in [0.29, 0.717) is 17.1 Å². The van der Waals surface area contributed by atoms with Gasteiger partial charge in [0.05, 0.1) is 32.8 Å². The van der Waals surface area contributed by atoms with Crippen molar-refractivity contribution >= 4 is 23.0 Å². The number of halogens is 1. The van der Waals surface area contributed by atoms with Crippen LogP contribution in [0.15, 0.2) is 78.3 Å². The van der Waals surface area contributed by atoms with Crippen LogP contribution in [0.25, 0.3) is 10.6 Å². The van der Waals surface area contributed by atoms with Crippen molar-refractivity contribution in [3.05, 3.63) is 101 Å². The molecule has 0 saturated heterocycles. The maximum Gasteiger partial charge on any atom is 0.284 e. The summed E-state index contributed by atoms with van der Waals surface area (Å²) in [5.74, 6) is -1.18. The summed E-state index contributed by atoms with van der Waals surface area (Å²) in [6.45, 7) is 0.694. The Balaban J connectivity index is 1.53. The van der Waals surface area contributed by atoms with E-state index in [9.17, 15) is 14.3 Å². The minimum Gasteiger partial charge on any atom is -0.507 e. The fourth-order valence-electron chi connectivity index (χ4n) is 4.26. The van der Waals surface area contributed by atoms with Crippen LogP contribution in [-0.2, 0) is 6.54 Å². The lowest BCUT2D eigenvalue weighted by atomic mass is 9.97. The molecule has 1 unspecified atom stereocenters. The van der Waals surface area contributed by atoms with Gasteiger partial charge in [-0.1, -0.05) is 12.1 Å². The second-order valence-electron chi connectivity index (χ2n) is 8.79. The summed E-state index contributed by atoms with van der Waals surface area (Å²) in [6.07, 6.45) is 5.41. The molecule has 5 rings (SSSR count). The Kier molecular flexibility index (Phi) is 6.58. The van der Waals surface area contributed by atoms with Crippen LogP contribution in [0, 0.1) is 5.82 Å². The van der Waals surface area contributed by atoms with Gasteiger partial charge in [-0.25, -0.2) is 9.40 Å². The van der Waals surface area contributed by atoms with Gasteiger partial charge in [0, 0.05) is 37.1 Å². The van der Waals surface area contributed by atoms with E-state index in [0.717, 1.165) is 21.7 Å². The molecule has 182 valence electrons. The van der Waals surface area contributed by atoms with Gasteiger partial charge in [0.15, 0.2) is 0 Å². The third-order valence-electron chi connectivity index (χ3n) is 5.84. The number of nitrogens with zero attached hydrogens (tertiary/aromatic N) is 5. The van der Waals surface area contributed by atoms with Crippen molar-refractivity contribution in [2.45, 2.75) is 19.0 Å². The van der Waals surface area contributed by atoms with Crippen molar-refractivity contribution in [2.75, 3.05) is 14.1 Å². The van der Waals surface area contributed by atoms with Gasteiger partial charge in [0.2, 0.25) is 0 Å². The number of hydrazone groups is 1. The highest BCUT2D eigenvalue weighted by Crippen LogP contribution is 2.40. The predicted octanol–water partition coefficient (Wildman–Crippen LogP) is 5.10. The molecule has 1 aliphatic rings. The van der Waals surface area contributed by atoms with Crippen molar-refractivity contribution in [3.8, 4) is 16.3 Å². The molecular formula is C27H24FN5O2S. The second-order valence-corrected chi connectivity index (χ2v) is 9.87. The molecule has 1 aromatic carbocycles. The van der Waals surface area contributed by atoms with E-state index >= 15 is 0 Å². The number of rotatable bonds is 6. The first-order chi connectivity index (χ1) is 17.4. The standard InChI is InChI=1S/C27H24FN5O2S/c1-32(2)16-17-12-18(15-29-14-17)21-13-22(26-19(28)6-5-8-23(26)34)33(31-21)27(35)25-10-9-24(36-25)20-7-3-4-11-30-20/h3-12,14-15,22,34H,13,16H2,1-2H3. The van der Waals surface area contributed by atoms with E-state index in [1.807, 2.05) is 49.3 Å². The molecule has 0 fully saturated rings. The number of aromatic hydroxyl groups is 1. The highest BCUT2D eigenvalue weighted by Gasteiger charge is 2.37. The molecular weight excluding hydrogens is 477 g/mol. The molecule has 1 aliphatic heterocycles. The van der Waals surface area contributed by atoms with E-state index in [1.165, 1.54) is 34.5 Å². The number of pyridine rings is 2. The number of hydrogen-bond acceptors (Lipinski definition) is 7. The Labute approximate surface area is 212 Å². The summed E-state index contributed by atoms with van der Waals surface area (Å²) in [6, 6.07) is 14.5. The van der Waals surface area contributed by atoms with Gasteiger partial charge in [-0.3, -0.25) is 14.8 Å². The van der Waals surface area contributed by atoms with Crippen LogP contribution >= 0.6 is 11.3 Å². The van der Waals surface area contributed by atoms with Crippen molar-refractivity contribution in [1.82, 2.24) is 19.9 Å². The Bertz CT molecular complexity index is 1420. The summed E-state index contributed by atoms with van der Waals surface area (Å²) in [4.78, 5) is 25.7. The Morgan fingerprint density at radius 2 is 2.03 bits per heavy atom. The van der Waals surface area contributed by atoms with Gasteiger partial charge >= 0.3 is 0 Å². The van der Waals surface area contributed by atoms with Crippen LogP contribution in [0.2, 0.25) is 0 Å². The third-order valence-corrected chi connectivity index (χ3v) is 6.94. The van der Waals surface area contributed by atoms with E-state index in [2.05, 4.69) is 15.1 Å². The topological polar surface area (TPSA) is 81.9 Å². The number of phenolic OH excluding ortho intramolecular Hbond substituents is 1. The maximum atomic E-state index is 14.9. The molecule has 7 nitrogen and oxygen atoms in total. The molecule has 0 radical (unpaired) electrons. The fourth-order valence-corrected chi connectivity index (χ4v) is 5.18. The predicted molar refractivity (Wildman–Crippen MR) is 137 cm³/mol. The van der Waals surface area contributed by atoms with E-state index in [1.54, 1.807) is 24.7 Å². The highest BCUT2D eigenvalue weighted by atomic mass is 32.1. The van der Waals surface area contributed by atoms with Gasteiger partial charge < -0.3 is 10.0 Å².